The van der Waals surface area contributed by atoms with Crippen LogP contribution in [-0.4, -0.2) is 12.1 Å². The van der Waals surface area contributed by atoms with Gasteiger partial charge in [-0.05, 0) is 142 Å². The third kappa shape index (κ3) is 10.2. The van der Waals surface area contributed by atoms with Gasteiger partial charge in [-0.15, -0.1) is 0 Å². The van der Waals surface area contributed by atoms with Crippen LogP contribution in [-0.2, 0) is 9.53 Å². The molecule has 0 aromatic heterocycles. The summed E-state index contributed by atoms with van der Waals surface area (Å²) in [5.74, 6) is 5.07. The first kappa shape index (κ1) is 39.2. The zero-order valence-electron chi connectivity index (χ0n) is 32.6. The molecule has 2 heteroatoms. The normalized spacial score (nSPS) is 33.2. The molecular weight excluding hydrogens is 585 g/mol. The molecule has 9 atom stereocenters. The molecule has 0 aliphatic heterocycles. The monoisotopic (exact) mass is 661 g/mol. The predicted molar refractivity (Wildman–Crippen MR) is 207 cm³/mol. The lowest BCUT2D eigenvalue weighted by Gasteiger charge is -2.58. The van der Waals surface area contributed by atoms with Crippen LogP contribution >= 0.6 is 0 Å². The Bertz CT molecular complexity index is 1090. The van der Waals surface area contributed by atoms with E-state index in [1.54, 1.807) is 0 Å². The van der Waals surface area contributed by atoms with Gasteiger partial charge < -0.3 is 4.74 Å². The van der Waals surface area contributed by atoms with Crippen molar-refractivity contribution in [2.75, 3.05) is 0 Å². The third-order valence-electron chi connectivity index (χ3n) is 14.1. The highest BCUT2D eigenvalue weighted by Crippen LogP contribution is 2.67. The molecule has 48 heavy (non-hydrogen) atoms. The van der Waals surface area contributed by atoms with Crippen molar-refractivity contribution in [1.82, 2.24) is 0 Å². The molecule has 0 radical (unpaired) electrons. The first-order valence-corrected chi connectivity index (χ1v) is 21.0. The van der Waals surface area contributed by atoms with Crippen LogP contribution < -0.4 is 0 Å². The standard InChI is InChI=1S/C46H76O2/c1-8-9-10-11-12-13-14-15-16-17-18-19-20-21-22-23-44(47)48-39-30-32-45(6)38(34-39)26-27-40-42-29-28-41(46(42,7)33-31-43(40)45)37(5)25-24-36(4)35(2)3/h12-13,15-16,24-25,27,35-39,41-43H,8-11,14,17-23,26,28-34H2,1-7H3/b13-12-,16-15-,25-24+/t36-,37+,38-,39-,41+,42-,43-,45-,46+/m0/s1. The van der Waals surface area contributed by atoms with Gasteiger partial charge in [0, 0.05) is 6.42 Å². The molecule has 0 spiro atoms. The van der Waals surface area contributed by atoms with Crippen molar-refractivity contribution in [3.63, 3.8) is 0 Å². The van der Waals surface area contributed by atoms with Gasteiger partial charge in [-0.3, -0.25) is 4.79 Å². The van der Waals surface area contributed by atoms with E-state index in [2.05, 4.69) is 91.0 Å². The van der Waals surface area contributed by atoms with E-state index in [0.29, 0.717) is 40.9 Å². The van der Waals surface area contributed by atoms with Gasteiger partial charge in [0.25, 0.3) is 0 Å². The molecule has 0 bridgehead atoms. The van der Waals surface area contributed by atoms with Crippen molar-refractivity contribution in [2.24, 2.45) is 52.3 Å². The van der Waals surface area contributed by atoms with E-state index >= 15 is 0 Å². The predicted octanol–water partition coefficient (Wildman–Crippen LogP) is 13.8. The number of rotatable bonds is 19. The number of carbonyl (C=O) groups excluding carboxylic acids is 1. The molecule has 0 aromatic carbocycles. The number of hydrogen-bond acceptors (Lipinski definition) is 2. The maximum atomic E-state index is 12.8. The Morgan fingerprint density at radius 1 is 0.812 bits per heavy atom. The SMILES string of the molecule is CCCCC/C=C\C/C=C\CCCCCCCC(=O)O[C@H]1CC[C@@]2(C)[C@@H](CC=C3[C@@H]2CC[C@]2(C)[C@@H]([C@H](C)/C=C/[C@H](C)C(C)C)CC[C@@H]32)C1. The minimum Gasteiger partial charge on any atom is -0.462 e. The smallest absolute Gasteiger partial charge is 0.306 e. The van der Waals surface area contributed by atoms with Gasteiger partial charge in [0.05, 0.1) is 0 Å². The number of allylic oxidation sites excluding steroid dienone is 8. The minimum atomic E-state index is 0.0534. The number of hydrogen-bond donors (Lipinski definition) is 0. The zero-order chi connectivity index (χ0) is 34.6. The molecule has 0 aromatic rings. The summed E-state index contributed by atoms with van der Waals surface area (Å²) in [6.07, 6.45) is 41.2. The minimum absolute atomic E-state index is 0.0534. The Morgan fingerprint density at radius 2 is 1.48 bits per heavy atom. The lowest BCUT2D eigenvalue weighted by atomic mass is 9.47. The summed E-state index contributed by atoms with van der Waals surface area (Å²) in [7, 11) is 0. The number of ether oxygens (including phenoxy) is 1. The van der Waals surface area contributed by atoms with E-state index in [4.69, 9.17) is 4.74 Å². The van der Waals surface area contributed by atoms with Crippen LogP contribution in [0.4, 0.5) is 0 Å². The van der Waals surface area contributed by atoms with Crippen molar-refractivity contribution in [3.8, 4) is 0 Å². The molecule has 4 rings (SSSR count). The second-order valence-electron chi connectivity index (χ2n) is 17.7. The summed E-state index contributed by atoms with van der Waals surface area (Å²) >= 11 is 0. The van der Waals surface area contributed by atoms with Gasteiger partial charge in [0.15, 0.2) is 0 Å². The molecule has 3 saturated carbocycles. The first-order chi connectivity index (χ1) is 23.1. The Morgan fingerprint density at radius 3 is 2.21 bits per heavy atom. The fraction of sp³-hybridized carbons (Fsp3) is 0.804. The fourth-order valence-electron chi connectivity index (χ4n) is 10.5. The van der Waals surface area contributed by atoms with E-state index in [1.165, 1.54) is 89.9 Å². The lowest BCUT2D eigenvalue weighted by Crippen LogP contribution is -2.50. The van der Waals surface area contributed by atoms with Gasteiger partial charge in [-0.25, -0.2) is 0 Å². The Hall–Kier alpha value is -1.57. The summed E-state index contributed by atoms with van der Waals surface area (Å²) in [4.78, 5) is 12.8. The summed E-state index contributed by atoms with van der Waals surface area (Å²) in [5.41, 5.74) is 2.67. The molecule has 4 aliphatic carbocycles. The average Bonchev–Trinajstić information content (AvgIpc) is 3.42. The highest BCUT2D eigenvalue weighted by atomic mass is 16.5. The Labute approximate surface area is 298 Å². The number of esters is 1. The maximum Gasteiger partial charge on any atom is 0.306 e. The molecular formula is C46H76O2. The molecule has 0 saturated heterocycles. The number of fused-ring (bicyclic) bond motifs is 5. The van der Waals surface area contributed by atoms with E-state index in [1.807, 2.05) is 5.57 Å². The molecule has 0 heterocycles. The molecule has 0 unspecified atom stereocenters. The van der Waals surface area contributed by atoms with Crippen LogP contribution in [0.2, 0.25) is 0 Å². The zero-order valence-corrected chi connectivity index (χ0v) is 32.6. The summed E-state index contributed by atoms with van der Waals surface area (Å²) in [6.45, 7) is 17.1. The third-order valence-corrected chi connectivity index (χ3v) is 14.1. The molecule has 272 valence electrons. The quantitative estimate of drug-likeness (QED) is 0.0783. The molecule has 4 aliphatic rings. The molecule has 0 amide bonds. The Balaban J connectivity index is 1.15. The van der Waals surface area contributed by atoms with Crippen LogP contribution in [0.5, 0.6) is 0 Å². The Kier molecular flexibility index (Phi) is 15.6. The van der Waals surface area contributed by atoms with Crippen LogP contribution in [0.15, 0.2) is 48.1 Å². The van der Waals surface area contributed by atoms with Crippen molar-refractivity contribution >= 4 is 5.97 Å². The molecule has 0 N–H and O–H groups in total. The van der Waals surface area contributed by atoms with E-state index < -0.39 is 0 Å². The van der Waals surface area contributed by atoms with Gasteiger partial charge in [-0.1, -0.05) is 129 Å². The summed E-state index contributed by atoms with van der Waals surface area (Å²) in [5, 5.41) is 0. The second kappa shape index (κ2) is 19.2. The highest BCUT2D eigenvalue weighted by molar-refractivity contribution is 5.69. The highest BCUT2D eigenvalue weighted by Gasteiger charge is 2.58. The molecule has 3 fully saturated rings. The topological polar surface area (TPSA) is 26.3 Å². The van der Waals surface area contributed by atoms with Crippen LogP contribution in [0.1, 0.15) is 177 Å². The van der Waals surface area contributed by atoms with Gasteiger partial charge in [0.1, 0.15) is 6.10 Å². The van der Waals surface area contributed by atoms with Crippen molar-refractivity contribution in [3.05, 3.63) is 48.1 Å². The first-order valence-electron chi connectivity index (χ1n) is 21.0. The van der Waals surface area contributed by atoms with E-state index in [0.717, 1.165) is 49.9 Å². The van der Waals surface area contributed by atoms with Crippen molar-refractivity contribution in [2.45, 2.75) is 183 Å². The maximum absolute atomic E-state index is 12.8. The van der Waals surface area contributed by atoms with Crippen LogP contribution in [0.25, 0.3) is 0 Å². The number of unbranched alkanes of at least 4 members (excludes halogenated alkanes) is 8. The number of carbonyl (C=O) groups is 1. The average molecular weight is 661 g/mol. The van der Waals surface area contributed by atoms with E-state index in [-0.39, 0.29) is 12.1 Å². The summed E-state index contributed by atoms with van der Waals surface area (Å²) in [6, 6.07) is 0. The second-order valence-corrected chi connectivity index (χ2v) is 17.7. The lowest BCUT2D eigenvalue weighted by molar-refractivity contribution is -0.155. The van der Waals surface area contributed by atoms with Crippen molar-refractivity contribution in [1.29, 1.82) is 0 Å². The van der Waals surface area contributed by atoms with Gasteiger partial charge >= 0.3 is 5.97 Å². The van der Waals surface area contributed by atoms with Crippen molar-refractivity contribution < 1.29 is 9.53 Å². The molecule has 2 nitrogen and oxygen atoms in total. The summed E-state index contributed by atoms with van der Waals surface area (Å²) < 4.78 is 6.14. The van der Waals surface area contributed by atoms with Crippen LogP contribution in [0, 0.1) is 52.3 Å². The van der Waals surface area contributed by atoms with Gasteiger partial charge in [-0.2, -0.15) is 0 Å². The van der Waals surface area contributed by atoms with E-state index in [9.17, 15) is 4.79 Å². The van der Waals surface area contributed by atoms with Crippen LogP contribution in [0.3, 0.4) is 0 Å². The fourth-order valence-corrected chi connectivity index (χ4v) is 10.5. The van der Waals surface area contributed by atoms with Gasteiger partial charge in [0.2, 0.25) is 0 Å². The largest absolute Gasteiger partial charge is 0.462 e.